The van der Waals surface area contributed by atoms with Crippen LogP contribution in [-0.2, 0) is 4.79 Å². The van der Waals surface area contributed by atoms with Gasteiger partial charge in [-0.15, -0.1) is 6.42 Å². The van der Waals surface area contributed by atoms with Gasteiger partial charge in [0.2, 0.25) is 11.1 Å². The van der Waals surface area contributed by atoms with Crippen LogP contribution in [0.1, 0.15) is 25.1 Å². The number of rotatable bonds is 5. The molecule has 1 amide bonds. The van der Waals surface area contributed by atoms with E-state index in [9.17, 15) is 9.59 Å². The largest absolute Gasteiger partial charge is 0.481 e. The SMILES string of the molecule is C#CCOc1ccc([C@H]2N(C(=O)CC)c3ccccc3-c3c(=O)[nH]c(SC)n[n+]32)cc1. The molecule has 2 aromatic carbocycles. The normalized spacial score (nSPS) is 14.4. The van der Waals surface area contributed by atoms with Gasteiger partial charge in [0.25, 0.3) is 6.17 Å². The summed E-state index contributed by atoms with van der Waals surface area (Å²) in [4.78, 5) is 30.7. The zero-order valence-corrected chi connectivity index (χ0v) is 18.0. The van der Waals surface area contributed by atoms with Gasteiger partial charge in [0, 0.05) is 17.1 Å². The quantitative estimate of drug-likeness (QED) is 0.380. The maximum atomic E-state index is 13.1. The molecule has 1 N–H and O–H groups in total. The van der Waals surface area contributed by atoms with Gasteiger partial charge < -0.3 is 4.74 Å². The summed E-state index contributed by atoms with van der Waals surface area (Å²) in [5.74, 6) is 2.99. The maximum Gasteiger partial charge on any atom is 0.325 e. The number of hydrogen-bond acceptors (Lipinski definition) is 5. The molecule has 0 spiro atoms. The fourth-order valence-corrected chi connectivity index (χ4v) is 4.03. The first-order chi connectivity index (χ1) is 15.1. The van der Waals surface area contributed by atoms with Gasteiger partial charge in [-0.2, -0.15) is 0 Å². The van der Waals surface area contributed by atoms with E-state index in [0.29, 0.717) is 34.3 Å². The van der Waals surface area contributed by atoms with Crippen molar-refractivity contribution in [1.82, 2.24) is 10.1 Å². The van der Waals surface area contributed by atoms with Crippen LogP contribution in [0.2, 0.25) is 0 Å². The number of para-hydroxylation sites is 1. The molecular formula is C23H21N4O3S+. The first-order valence-corrected chi connectivity index (χ1v) is 11.0. The van der Waals surface area contributed by atoms with Crippen molar-refractivity contribution in [3.8, 4) is 29.4 Å². The topological polar surface area (TPSA) is 79.2 Å². The van der Waals surface area contributed by atoms with E-state index in [1.807, 2.05) is 49.6 Å². The zero-order chi connectivity index (χ0) is 22.0. The monoisotopic (exact) mass is 433 g/mol. The fraction of sp³-hybridized carbons (Fsp3) is 0.217. The van der Waals surface area contributed by atoms with Crippen molar-refractivity contribution >= 4 is 23.4 Å². The Bertz CT molecular complexity index is 1230. The number of thioether (sulfide) groups is 1. The molecule has 1 atom stereocenters. The number of terminal acetylenes is 1. The van der Waals surface area contributed by atoms with Gasteiger partial charge in [0.15, 0.2) is 0 Å². The summed E-state index contributed by atoms with van der Waals surface area (Å²) >= 11 is 1.33. The van der Waals surface area contributed by atoms with Crippen LogP contribution < -0.4 is 19.9 Å². The second-order valence-electron chi connectivity index (χ2n) is 6.83. The van der Waals surface area contributed by atoms with Crippen LogP contribution in [0, 0.1) is 12.3 Å². The lowest BCUT2D eigenvalue weighted by Crippen LogP contribution is -2.60. The van der Waals surface area contributed by atoms with Crippen molar-refractivity contribution in [2.24, 2.45) is 0 Å². The Hall–Kier alpha value is -3.57. The Morgan fingerprint density at radius 3 is 2.71 bits per heavy atom. The highest BCUT2D eigenvalue weighted by Gasteiger charge is 2.45. The standard InChI is InChI=1S/C23H20N4O3S/c1-4-14-30-16-12-10-15(11-13-16)22-26(19(28)5-2)18-9-7-6-8-17(18)20-21(29)24-23(31-3)25-27(20)22/h1,6-13,22H,5,14H2,2-3H3/p+1/t22-/m0/s1. The van der Waals surface area contributed by atoms with E-state index in [2.05, 4.69) is 16.0 Å². The van der Waals surface area contributed by atoms with Crippen LogP contribution >= 0.6 is 11.8 Å². The molecule has 31 heavy (non-hydrogen) atoms. The van der Waals surface area contributed by atoms with Crippen LogP contribution in [-0.4, -0.2) is 28.9 Å². The summed E-state index contributed by atoms with van der Waals surface area (Å²) in [5.41, 5.74) is 2.29. The lowest BCUT2D eigenvalue weighted by atomic mass is 10.0. The molecule has 0 fully saturated rings. The molecule has 156 valence electrons. The summed E-state index contributed by atoms with van der Waals surface area (Å²) in [6.45, 7) is 1.99. The molecule has 0 saturated heterocycles. The predicted octanol–water partition coefficient (Wildman–Crippen LogP) is 2.76. The number of nitrogens with one attached hydrogen (secondary N) is 1. The lowest BCUT2D eigenvalue weighted by molar-refractivity contribution is -0.763. The molecule has 1 aliphatic heterocycles. The summed E-state index contributed by atoms with van der Waals surface area (Å²) in [5, 5.41) is 5.13. The number of hydrogen-bond donors (Lipinski definition) is 1. The molecule has 0 radical (unpaired) electrons. The number of H-pyrrole nitrogens is 1. The van der Waals surface area contributed by atoms with Crippen LogP contribution in [0.4, 0.5) is 5.69 Å². The number of anilines is 1. The maximum absolute atomic E-state index is 13.1. The molecule has 0 unspecified atom stereocenters. The molecule has 1 aromatic heterocycles. The third-order valence-corrected chi connectivity index (χ3v) is 5.59. The third-order valence-electron chi connectivity index (χ3n) is 5.02. The average molecular weight is 434 g/mol. The molecular weight excluding hydrogens is 412 g/mol. The van der Waals surface area contributed by atoms with Gasteiger partial charge >= 0.3 is 11.3 Å². The number of carbonyl (C=O) groups excluding carboxylic acids is 1. The molecule has 7 nitrogen and oxygen atoms in total. The summed E-state index contributed by atoms with van der Waals surface area (Å²) < 4.78 is 7.11. The molecule has 1 aliphatic rings. The number of benzene rings is 2. The first kappa shape index (κ1) is 20.7. The van der Waals surface area contributed by atoms with Crippen LogP contribution in [0.5, 0.6) is 5.75 Å². The average Bonchev–Trinajstić information content (AvgIpc) is 2.81. The Balaban J connectivity index is 1.96. The molecule has 3 aromatic rings. The third kappa shape index (κ3) is 3.68. The van der Waals surface area contributed by atoms with E-state index in [1.54, 1.807) is 21.7 Å². The second kappa shape index (κ2) is 8.66. The molecule has 0 saturated carbocycles. The lowest BCUT2D eigenvalue weighted by Gasteiger charge is -2.32. The van der Waals surface area contributed by atoms with Gasteiger partial charge in [0.1, 0.15) is 12.4 Å². The zero-order valence-electron chi connectivity index (χ0n) is 17.2. The minimum Gasteiger partial charge on any atom is -0.481 e. The van der Waals surface area contributed by atoms with Crippen molar-refractivity contribution in [2.45, 2.75) is 24.7 Å². The van der Waals surface area contributed by atoms with E-state index in [4.69, 9.17) is 11.2 Å². The molecule has 0 bridgehead atoms. The van der Waals surface area contributed by atoms with Crippen LogP contribution in [0.3, 0.4) is 0 Å². The van der Waals surface area contributed by atoms with Crippen LogP contribution in [0.15, 0.2) is 58.5 Å². The number of aromatic nitrogens is 3. The highest BCUT2D eigenvalue weighted by Crippen LogP contribution is 2.37. The molecule has 4 rings (SSSR count). The van der Waals surface area contributed by atoms with Gasteiger partial charge in [-0.1, -0.05) is 36.7 Å². The minimum absolute atomic E-state index is 0.0731. The Morgan fingerprint density at radius 1 is 1.29 bits per heavy atom. The number of carbonyl (C=O) groups is 1. The number of ether oxygens (including phenoxy) is 1. The molecule has 8 heteroatoms. The van der Waals surface area contributed by atoms with Gasteiger partial charge in [-0.3, -0.25) is 14.6 Å². The van der Waals surface area contributed by atoms with Crippen molar-refractivity contribution in [3.05, 3.63) is 64.4 Å². The second-order valence-corrected chi connectivity index (χ2v) is 7.62. The van der Waals surface area contributed by atoms with Gasteiger partial charge in [-0.05, 0) is 47.3 Å². The minimum atomic E-state index is -0.618. The number of fused-ring (bicyclic) bond motifs is 3. The van der Waals surface area contributed by atoms with Crippen LogP contribution in [0.25, 0.3) is 11.3 Å². The van der Waals surface area contributed by atoms with E-state index < -0.39 is 6.17 Å². The summed E-state index contributed by atoms with van der Waals surface area (Å²) in [6.07, 6.45) is 6.79. The summed E-state index contributed by atoms with van der Waals surface area (Å²) in [6, 6.07) is 14.7. The Kier molecular flexibility index (Phi) is 5.78. The predicted molar refractivity (Wildman–Crippen MR) is 119 cm³/mol. The number of nitrogens with zero attached hydrogens (tertiary/aromatic N) is 3. The van der Waals surface area contributed by atoms with E-state index >= 15 is 0 Å². The Labute approximate surface area is 184 Å². The van der Waals surface area contributed by atoms with E-state index in [1.165, 1.54) is 11.8 Å². The smallest absolute Gasteiger partial charge is 0.325 e. The number of aromatic amines is 1. The van der Waals surface area contributed by atoms with Gasteiger partial charge in [0.05, 0.1) is 11.3 Å². The fourth-order valence-electron chi connectivity index (χ4n) is 3.67. The van der Waals surface area contributed by atoms with Gasteiger partial charge in [-0.25, -0.2) is 4.90 Å². The first-order valence-electron chi connectivity index (χ1n) is 9.76. The highest BCUT2D eigenvalue weighted by molar-refractivity contribution is 7.98. The van der Waals surface area contributed by atoms with E-state index in [0.717, 1.165) is 5.56 Å². The molecule has 0 aliphatic carbocycles. The summed E-state index contributed by atoms with van der Waals surface area (Å²) in [7, 11) is 0. The van der Waals surface area contributed by atoms with Crippen molar-refractivity contribution in [3.63, 3.8) is 0 Å². The Morgan fingerprint density at radius 2 is 2.03 bits per heavy atom. The van der Waals surface area contributed by atoms with Crippen molar-refractivity contribution < 1.29 is 14.2 Å². The van der Waals surface area contributed by atoms with Crippen molar-refractivity contribution in [1.29, 1.82) is 0 Å². The molecule has 2 heterocycles. The number of amides is 1. The van der Waals surface area contributed by atoms with E-state index in [-0.39, 0.29) is 18.1 Å². The highest BCUT2D eigenvalue weighted by atomic mass is 32.2. The van der Waals surface area contributed by atoms with Crippen molar-refractivity contribution in [2.75, 3.05) is 17.8 Å².